The molecule has 5 heteroatoms. The summed E-state index contributed by atoms with van der Waals surface area (Å²) in [5.74, 6) is 0.666. The molecule has 5 nitrogen and oxygen atoms in total. The smallest absolute Gasteiger partial charge is 0.229 e. The Hall–Kier alpha value is -3.21. The van der Waals surface area contributed by atoms with Gasteiger partial charge < -0.3 is 11.1 Å². The van der Waals surface area contributed by atoms with E-state index in [2.05, 4.69) is 40.4 Å². The lowest BCUT2D eigenvalue weighted by molar-refractivity contribution is -0.117. The quantitative estimate of drug-likeness (QED) is 0.548. The predicted octanol–water partition coefficient (Wildman–Crippen LogP) is 3.96. The number of aromatic nitrogens is 2. The number of fused-ring (bicyclic) bond motifs is 1. The monoisotopic (exact) mass is 356 g/mol. The first-order valence-electron chi connectivity index (χ1n) is 9.23. The molecule has 3 aromatic rings. The van der Waals surface area contributed by atoms with E-state index in [4.69, 9.17) is 5.73 Å². The molecule has 2 heterocycles. The van der Waals surface area contributed by atoms with Gasteiger partial charge in [0.05, 0.1) is 5.92 Å². The average molecular weight is 356 g/mol. The van der Waals surface area contributed by atoms with Gasteiger partial charge in [-0.1, -0.05) is 19.1 Å². The second-order valence-electron chi connectivity index (χ2n) is 7.43. The second-order valence-corrected chi connectivity index (χ2v) is 7.43. The highest BCUT2D eigenvalue weighted by molar-refractivity contribution is 6.00. The topological polar surface area (TPSA) is 80.9 Å². The van der Waals surface area contributed by atoms with Crippen molar-refractivity contribution in [2.75, 3.05) is 11.1 Å². The molecule has 0 radical (unpaired) electrons. The van der Waals surface area contributed by atoms with E-state index < -0.39 is 0 Å². The predicted molar refractivity (Wildman–Crippen MR) is 107 cm³/mol. The molecule has 2 aliphatic carbocycles. The van der Waals surface area contributed by atoms with Crippen LogP contribution in [0.15, 0.2) is 55.0 Å². The minimum absolute atomic E-state index is 0.0384. The van der Waals surface area contributed by atoms with Crippen molar-refractivity contribution >= 4 is 28.2 Å². The van der Waals surface area contributed by atoms with E-state index in [1.54, 1.807) is 6.20 Å². The maximum absolute atomic E-state index is 12.4. The Balaban J connectivity index is 1.50. The van der Waals surface area contributed by atoms with E-state index in [9.17, 15) is 4.79 Å². The van der Waals surface area contributed by atoms with E-state index in [0.717, 1.165) is 34.7 Å². The molecule has 2 aromatic heterocycles. The van der Waals surface area contributed by atoms with E-state index in [1.807, 2.05) is 30.6 Å². The summed E-state index contributed by atoms with van der Waals surface area (Å²) in [5, 5.41) is 4.78. The highest BCUT2D eigenvalue weighted by atomic mass is 16.2. The normalized spacial score (nSPS) is 18.6. The molecule has 1 amide bonds. The van der Waals surface area contributed by atoms with Crippen molar-refractivity contribution < 1.29 is 4.79 Å². The number of nitrogens with two attached hydrogens (primary N) is 1. The van der Waals surface area contributed by atoms with Gasteiger partial charge in [0.2, 0.25) is 5.91 Å². The van der Waals surface area contributed by atoms with Gasteiger partial charge in [-0.2, -0.15) is 0 Å². The summed E-state index contributed by atoms with van der Waals surface area (Å²) < 4.78 is 0. The number of carbonyl (C=O) groups is 1. The number of allylic oxidation sites excluding steroid dienone is 2. The third kappa shape index (κ3) is 2.67. The van der Waals surface area contributed by atoms with Crippen LogP contribution in [-0.4, -0.2) is 15.9 Å². The van der Waals surface area contributed by atoms with Gasteiger partial charge in [0, 0.05) is 40.6 Å². The van der Waals surface area contributed by atoms with Crippen LogP contribution in [0.5, 0.6) is 0 Å². The zero-order chi connectivity index (χ0) is 18.6. The van der Waals surface area contributed by atoms with E-state index in [0.29, 0.717) is 11.5 Å². The van der Waals surface area contributed by atoms with Crippen LogP contribution in [0.3, 0.4) is 0 Å². The summed E-state index contributed by atoms with van der Waals surface area (Å²) in [5.41, 5.74) is 10.4. The summed E-state index contributed by atoms with van der Waals surface area (Å²) in [6.07, 6.45) is 11.5. The zero-order valence-corrected chi connectivity index (χ0v) is 15.1. The first-order valence-corrected chi connectivity index (χ1v) is 9.23. The minimum atomic E-state index is 0.0384. The molecule has 2 aliphatic rings. The van der Waals surface area contributed by atoms with Crippen molar-refractivity contribution in [1.29, 1.82) is 0 Å². The number of nitrogens with zero attached hydrogens (tertiary/aromatic N) is 2. The van der Waals surface area contributed by atoms with Crippen molar-refractivity contribution in [2.45, 2.75) is 19.8 Å². The van der Waals surface area contributed by atoms with E-state index in [1.165, 1.54) is 5.56 Å². The van der Waals surface area contributed by atoms with Gasteiger partial charge in [-0.25, -0.2) is 4.98 Å². The largest absolute Gasteiger partial charge is 0.398 e. The maximum atomic E-state index is 12.4. The van der Waals surface area contributed by atoms with Gasteiger partial charge >= 0.3 is 0 Å². The molecule has 1 fully saturated rings. The highest BCUT2D eigenvalue weighted by Gasteiger charge is 2.60. The molecule has 5 rings (SSSR count). The Labute approximate surface area is 157 Å². The number of nitrogens with one attached hydrogen (secondary N) is 1. The van der Waals surface area contributed by atoms with Crippen molar-refractivity contribution in [1.82, 2.24) is 9.97 Å². The Morgan fingerprint density at radius 3 is 2.89 bits per heavy atom. The number of benzene rings is 1. The highest BCUT2D eigenvalue weighted by Crippen LogP contribution is 2.63. The molecule has 1 spiro atoms. The van der Waals surface area contributed by atoms with Crippen molar-refractivity contribution in [3.05, 3.63) is 60.6 Å². The zero-order valence-electron chi connectivity index (χ0n) is 15.1. The van der Waals surface area contributed by atoms with Crippen LogP contribution in [0, 0.1) is 11.3 Å². The van der Waals surface area contributed by atoms with Crippen LogP contribution in [0.2, 0.25) is 0 Å². The first-order chi connectivity index (χ1) is 13.1. The SMILES string of the molecule is CCc1ccncc1-c1cc(N)c2cnc(NC(=O)[C@@H]3CC34C=C4)cc2c1. The second kappa shape index (κ2) is 5.64. The summed E-state index contributed by atoms with van der Waals surface area (Å²) >= 11 is 0. The van der Waals surface area contributed by atoms with Gasteiger partial charge in [0.15, 0.2) is 0 Å². The Bertz CT molecular complexity index is 1110. The number of nitrogen functional groups attached to an aromatic ring is 1. The summed E-state index contributed by atoms with van der Waals surface area (Å²) in [4.78, 5) is 21.0. The van der Waals surface area contributed by atoms with Gasteiger partial charge in [-0.05, 0) is 53.6 Å². The fourth-order valence-corrected chi connectivity index (χ4v) is 3.82. The van der Waals surface area contributed by atoms with Crippen LogP contribution < -0.4 is 11.1 Å². The molecule has 0 aliphatic heterocycles. The fraction of sp³-hybridized carbons (Fsp3) is 0.227. The molecule has 1 atom stereocenters. The molecule has 134 valence electrons. The number of hydrogen-bond donors (Lipinski definition) is 2. The van der Waals surface area contributed by atoms with Crippen LogP contribution in [0.1, 0.15) is 18.9 Å². The lowest BCUT2D eigenvalue weighted by Crippen LogP contribution is -2.16. The number of rotatable bonds is 4. The van der Waals surface area contributed by atoms with Crippen LogP contribution >= 0.6 is 0 Å². The Morgan fingerprint density at radius 2 is 2.15 bits per heavy atom. The van der Waals surface area contributed by atoms with Gasteiger partial charge in [-0.15, -0.1) is 0 Å². The van der Waals surface area contributed by atoms with E-state index in [-0.39, 0.29) is 17.2 Å². The standard InChI is InChI=1S/C22H20N4O/c1-2-13-3-6-24-11-16(13)14-7-15-9-20(25-12-17(15)19(23)8-14)26-21(27)18-10-22(18)4-5-22/h3-9,11-12,18H,2,10,23H2,1H3,(H,25,26,27)/t18-/m0/s1. The first kappa shape index (κ1) is 16.0. The summed E-state index contributed by atoms with van der Waals surface area (Å²) in [6.45, 7) is 2.13. The van der Waals surface area contributed by atoms with Gasteiger partial charge in [0.1, 0.15) is 5.82 Å². The Morgan fingerprint density at radius 1 is 1.30 bits per heavy atom. The lowest BCUT2D eigenvalue weighted by atomic mass is 9.97. The number of anilines is 2. The van der Waals surface area contributed by atoms with Crippen molar-refractivity contribution in [3.8, 4) is 11.1 Å². The van der Waals surface area contributed by atoms with Gasteiger partial charge in [0.25, 0.3) is 0 Å². The minimum Gasteiger partial charge on any atom is -0.398 e. The van der Waals surface area contributed by atoms with Crippen LogP contribution in [0.4, 0.5) is 11.5 Å². The molecular weight excluding hydrogens is 336 g/mol. The molecule has 27 heavy (non-hydrogen) atoms. The Kier molecular flexibility index (Phi) is 3.34. The van der Waals surface area contributed by atoms with Crippen molar-refractivity contribution in [3.63, 3.8) is 0 Å². The third-order valence-corrected chi connectivity index (χ3v) is 5.68. The molecular formula is C22H20N4O. The molecule has 0 unspecified atom stereocenters. The third-order valence-electron chi connectivity index (χ3n) is 5.68. The van der Waals surface area contributed by atoms with Crippen LogP contribution in [-0.2, 0) is 11.2 Å². The number of carbonyl (C=O) groups excluding carboxylic acids is 1. The number of aryl methyl sites for hydroxylation is 1. The van der Waals surface area contributed by atoms with Gasteiger partial charge in [-0.3, -0.25) is 9.78 Å². The maximum Gasteiger partial charge on any atom is 0.229 e. The molecule has 0 saturated heterocycles. The number of pyridine rings is 2. The lowest BCUT2D eigenvalue weighted by Gasteiger charge is -2.11. The summed E-state index contributed by atoms with van der Waals surface area (Å²) in [6, 6.07) is 7.97. The fourth-order valence-electron chi connectivity index (χ4n) is 3.82. The van der Waals surface area contributed by atoms with Crippen LogP contribution in [0.25, 0.3) is 21.9 Å². The number of amides is 1. The molecule has 3 N–H and O–H groups in total. The molecule has 0 bridgehead atoms. The molecule has 1 saturated carbocycles. The number of hydrogen-bond acceptors (Lipinski definition) is 4. The summed E-state index contributed by atoms with van der Waals surface area (Å²) in [7, 11) is 0. The van der Waals surface area contributed by atoms with Crippen molar-refractivity contribution in [2.24, 2.45) is 11.3 Å². The average Bonchev–Trinajstić information content (AvgIpc) is 3.60. The molecule has 1 aromatic carbocycles. The van der Waals surface area contributed by atoms with E-state index >= 15 is 0 Å².